The minimum atomic E-state index is -0.501. The standard InChI is InChI=1S/C8H11N5O/c1-5(2)6(3-9)11-8(14)7-4-10-13-12-7/h4-6H,1-2H3,(H,11,14)(H,10,12,13). The lowest BCUT2D eigenvalue weighted by atomic mass is 10.1. The van der Waals surface area contributed by atoms with Crippen LogP contribution >= 0.6 is 0 Å². The van der Waals surface area contributed by atoms with Crippen LogP contribution in [0.4, 0.5) is 0 Å². The Labute approximate surface area is 81.3 Å². The third kappa shape index (κ3) is 2.29. The van der Waals surface area contributed by atoms with Crippen molar-refractivity contribution in [3.05, 3.63) is 11.9 Å². The average molecular weight is 193 g/mol. The number of nitrogens with zero attached hydrogens (tertiary/aromatic N) is 3. The third-order valence-electron chi connectivity index (χ3n) is 1.74. The van der Waals surface area contributed by atoms with E-state index in [1.165, 1.54) is 6.20 Å². The molecule has 0 saturated carbocycles. The molecule has 14 heavy (non-hydrogen) atoms. The zero-order valence-corrected chi connectivity index (χ0v) is 7.98. The fraction of sp³-hybridized carbons (Fsp3) is 0.500. The first-order chi connectivity index (χ1) is 6.65. The number of aromatic amines is 1. The summed E-state index contributed by atoms with van der Waals surface area (Å²) in [5, 5.41) is 20.7. The highest BCUT2D eigenvalue weighted by Crippen LogP contribution is 2.01. The summed E-state index contributed by atoms with van der Waals surface area (Å²) >= 11 is 0. The van der Waals surface area contributed by atoms with Crippen molar-refractivity contribution in [3.63, 3.8) is 0 Å². The Morgan fingerprint density at radius 1 is 1.71 bits per heavy atom. The molecule has 0 aliphatic heterocycles. The van der Waals surface area contributed by atoms with Crippen LogP contribution in [0.25, 0.3) is 0 Å². The zero-order valence-electron chi connectivity index (χ0n) is 7.98. The van der Waals surface area contributed by atoms with Crippen LogP contribution in [0.5, 0.6) is 0 Å². The summed E-state index contributed by atoms with van der Waals surface area (Å²) in [4.78, 5) is 11.4. The first kappa shape index (κ1) is 10.2. The zero-order chi connectivity index (χ0) is 10.6. The Balaban J connectivity index is 2.61. The van der Waals surface area contributed by atoms with E-state index in [0.717, 1.165) is 0 Å². The monoisotopic (exact) mass is 193 g/mol. The molecule has 6 nitrogen and oxygen atoms in total. The molecule has 0 radical (unpaired) electrons. The molecule has 1 unspecified atom stereocenters. The second-order valence-corrected chi connectivity index (χ2v) is 3.18. The van der Waals surface area contributed by atoms with Gasteiger partial charge in [-0.2, -0.15) is 20.7 Å². The van der Waals surface area contributed by atoms with Crippen LogP contribution in [0, 0.1) is 17.2 Å². The Morgan fingerprint density at radius 3 is 2.86 bits per heavy atom. The lowest BCUT2D eigenvalue weighted by Gasteiger charge is -2.13. The lowest BCUT2D eigenvalue weighted by molar-refractivity contribution is 0.0932. The third-order valence-corrected chi connectivity index (χ3v) is 1.74. The summed E-state index contributed by atoms with van der Waals surface area (Å²) in [6, 6.07) is 1.50. The van der Waals surface area contributed by atoms with Crippen LogP contribution in [0.15, 0.2) is 6.20 Å². The fourth-order valence-electron chi connectivity index (χ4n) is 0.874. The maximum atomic E-state index is 11.4. The van der Waals surface area contributed by atoms with Gasteiger partial charge >= 0.3 is 0 Å². The Hall–Kier alpha value is -1.90. The van der Waals surface area contributed by atoms with E-state index in [0.29, 0.717) is 0 Å². The molecule has 0 aliphatic rings. The highest BCUT2D eigenvalue weighted by molar-refractivity contribution is 5.92. The van der Waals surface area contributed by atoms with Crippen LogP contribution < -0.4 is 5.32 Å². The SMILES string of the molecule is CC(C)C(C#N)NC(=O)c1cn[nH]n1. The number of hydrogen-bond donors (Lipinski definition) is 2. The summed E-state index contributed by atoms with van der Waals surface area (Å²) in [6.45, 7) is 3.72. The van der Waals surface area contributed by atoms with Crippen LogP contribution in [0.3, 0.4) is 0 Å². The number of H-pyrrole nitrogens is 1. The van der Waals surface area contributed by atoms with Crippen molar-refractivity contribution in [1.29, 1.82) is 5.26 Å². The summed E-state index contributed by atoms with van der Waals surface area (Å²) in [5.41, 5.74) is 0.186. The van der Waals surface area contributed by atoms with Crippen LogP contribution in [0.2, 0.25) is 0 Å². The number of aromatic nitrogens is 3. The van der Waals surface area contributed by atoms with Gasteiger partial charge < -0.3 is 5.32 Å². The van der Waals surface area contributed by atoms with Gasteiger partial charge in [0.25, 0.3) is 5.91 Å². The summed E-state index contributed by atoms with van der Waals surface area (Å²) in [6.07, 6.45) is 1.31. The van der Waals surface area contributed by atoms with Crippen molar-refractivity contribution in [2.45, 2.75) is 19.9 Å². The molecule has 1 heterocycles. The van der Waals surface area contributed by atoms with Crippen molar-refractivity contribution in [2.75, 3.05) is 0 Å². The summed E-state index contributed by atoms with van der Waals surface area (Å²) in [5.74, 6) is -0.324. The molecular weight excluding hydrogens is 182 g/mol. The number of nitrogens with one attached hydrogen (secondary N) is 2. The van der Waals surface area contributed by atoms with E-state index >= 15 is 0 Å². The minimum Gasteiger partial charge on any atom is -0.335 e. The van der Waals surface area contributed by atoms with E-state index in [4.69, 9.17) is 5.26 Å². The van der Waals surface area contributed by atoms with Crippen molar-refractivity contribution < 1.29 is 4.79 Å². The maximum absolute atomic E-state index is 11.4. The molecule has 1 aromatic heterocycles. The Kier molecular flexibility index (Phi) is 3.18. The number of nitriles is 1. The number of amides is 1. The largest absolute Gasteiger partial charge is 0.335 e. The first-order valence-electron chi connectivity index (χ1n) is 4.21. The number of carbonyl (C=O) groups excluding carboxylic acids is 1. The van der Waals surface area contributed by atoms with Crippen LogP contribution in [-0.2, 0) is 0 Å². The topological polar surface area (TPSA) is 94.5 Å². The van der Waals surface area contributed by atoms with Crippen molar-refractivity contribution >= 4 is 5.91 Å². The average Bonchev–Trinajstić information content (AvgIpc) is 2.65. The molecule has 1 rings (SSSR count). The molecule has 2 N–H and O–H groups in total. The van der Waals surface area contributed by atoms with Gasteiger partial charge in [-0.15, -0.1) is 0 Å². The molecule has 1 amide bonds. The number of rotatable bonds is 3. The van der Waals surface area contributed by atoms with Gasteiger partial charge in [0.15, 0.2) is 5.69 Å². The van der Waals surface area contributed by atoms with Crippen LogP contribution in [0.1, 0.15) is 24.3 Å². The Morgan fingerprint density at radius 2 is 2.43 bits per heavy atom. The van der Waals surface area contributed by atoms with Crippen molar-refractivity contribution in [2.24, 2.45) is 5.92 Å². The summed E-state index contributed by atoms with van der Waals surface area (Å²) < 4.78 is 0. The molecule has 1 aromatic rings. The van der Waals surface area contributed by atoms with Gasteiger partial charge in [-0.1, -0.05) is 13.8 Å². The van der Waals surface area contributed by atoms with E-state index in [1.807, 2.05) is 19.9 Å². The molecular formula is C8H11N5O. The summed E-state index contributed by atoms with van der Waals surface area (Å²) in [7, 11) is 0. The van der Waals surface area contributed by atoms with Crippen LogP contribution in [-0.4, -0.2) is 27.4 Å². The predicted molar refractivity (Wildman–Crippen MR) is 48.1 cm³/mol. The second kappa shape index (κ2) is 4.37. The van der Waals surface area contributed by atoms with E-state index < -0.39 is 6.04 Å². The lowest BCUT2D eigenvalue weighted by Crippen LogP contribution is -2.37. The normalized spacial score (nSPS) is 12.1. The van der Waals surface area contributed by atoms with E-state index in [-0.39, 0.29) is 17.5 Å². The van der Waals surface area contributed by atoms with Gasteiger partial charge in [0.05, 0.1) is 12.3 Å². The number of hydrogen-bond acceptors (Lipinski definition) is 4. The van der Waals surface area contributed by atoms with E-state index in [9.17, 15) is 4.79 Å². The first-order valence-corrected chi connectivity index (χ1v) is 4.21. The molecule has 6 heteroatoms. The van der Waals surface area contributed by atoms with Crippen molar-refractivity contribution in [3.8, 4) is 6.07 Å². The molecule has 1 atom stereocenters. The molecule has 0 saturated heterocycles. The van der Waals surface area contributed by atoms with Gasteiger partial charge in [-0.05, 0) is 5.92 Å². The molecule has 0 aliphatic carbocycles. The van der Waals surface area contributed by atoms with Gasteiger partial charge in [-0.25, -0.2) is 0 Å². The maximum Gasteiger partial charge on any atom is 0.274 e. The van der Waals surface area contributed by atoms with Crippen molar-refractivity contribution in [1.82, 2.24) is 20.7 Å². The smallest absolute Gasteiger partial charge is 0.274 e. The van der Waals surface area contributed by atoms with Gasteiger partial charge in [0.1, 0.15) is 6.04 Å². The quantitative estimate of drug-likeness (QED) is 0.710. The van der Waals surface area contributed by atoms with E-state index in [2.05, 4.69) is 20.7 Å². The molecule has 0 aromatic carbocycles. The molecule has 0 bridgehead atoms. The number of carbonyl (C=O) groups is 1. The highest BCUT2D eigenvalue weighted by Gasteiger charge is 2.17. The second-order valence-electron chi connectivity index (χ2n) is 3.18. The minimum absolute atomic E-state index is 0.0656. The van der Waals surface area contributed by atoms with Gasteiger partial charge in [0, 0.05) is 0 Å². The van der Waals surface area contributed by atoms with Gasteiger partial charge in [-0.3, -0.25) is 4.79 Å². The molecule has 0 fully saturated rings. The Bertz CT molecular complexity index is 337. The highest BCUT2D eigenvalue weighted by atomic mass is 16.2. The van der Waals surface area contributed by atoms with E-state index in [1.54, 1.807) is 0 Å². The molecule has 74 valence electrons. The predicted octanol–water partition coefficient (Wildman–Crippen LogP) is 0.0827. The van der Waals surface area contributed by atoms with Gasteiger partial charge in [0.2, 0.25) is 0 Å². The molecule has 0 spiro atoms. The fourth-order valence-corrected chi connectivity index (χ4v) is 0.874.